The summed E-state index contributed by atoms with van der Waals surface area (Å²) in [7, 11) is 0. The van der Waals surface area contributed by atoms with Crippen molar-refractivity contribution in [3.63, 3.8) is 0 Å². The number of amides is 1. The number of likely N-dealkylation sites (N-methyl/N-ethyl adjacent to an activating group) is 1. The van der Waals surface area contributed by atoms with Gasteiger partial charge in [-0.15, -0.1) is 0 Å². The highest BCUT2D eigenvalue weighted by atomic mass is 32.2. The number of anilines is 1. The molecule has 7 heteroatoms. The monoisotopic (exact) mass is 425 g/mol. The molecule has 29 heavy (non-hydrogen) atoms. The second-order valence-electron chi connectivity index (χ2n) is 6.42. The minimum absolute atomic E-state index is 0.0240. The molecule has 0 spiro atoms. The Morgan fingerprint density at radius 2 is 1.66 bits per heavy atom. The highest BCUT2D eigenvalue weighted by Crippen LogP contribution is 2.50. The predicted molar refractivity (Wildman–Crippen MR) is 122 cm³/mol. The second kappa shape index (κ2) is 8.55. The van der Waals surface area contributed by atoms with Gasteiger partial charge in [0.1, 0.15) is 15.7 Å². The van der Waals surface area contributed by atoms with Crippen LogP contribution in [0.15, 0.2) is 68.4 Å². The van der Waals surface area contributed by atoms with E-state index in [1.54, 1.807) is 16.7 Å². The van der Waals surface area contributed by atoms with Crippen LogP contribution in [-0.2, 0) is 4.79 Å². The molecule has 0 radical (unpaired) electrons. The number of para-hydroxylation sites is 1. The maximum absolute atomic E-state index is 13.2. The zero-order chi connectivity index (χ0) is 20.4. The summed E-state index contributed by atoms with van der Waals surface area (Å²) < 4.78 is 5.50. The largest absolute Gasteiger partial charge is 0.494 e. The Morgan fingerprint density at radius 3 is 2.34 bits per heavy atom. The van der Waals surface area contributed by atoms with Gasteiger partial charge >= 0.3 is 0 Å². The fourth-order valence-electron chi connectivity index (χ4n) is 3.31. The number of carbonyl (C=O) groups is 1. The van der Waals surface area contributed by atoms with Crippen LogP contribution in [0.1, 0.15) is 20.8 Å². The number of nitrogens with zero attached hydrogens (tertiary/aromatic N) is 3. The molecule has 1 amide bonds. The summed E-state index contributed by atoms with van der Waals surface area (Å²) >= 11 is 3.12. The van der Waals surface area contributed by atoms with E-state index in [0.29, 0.717) is 13.2 Å². The summed E-state index contributed by atoms with van der Waals surface area (Å²) in [5, 5.41) is 1.72. The smallest absolute Gasteiger partial charge is 0.269 e. The van der Waals surface area contributed by atoms with Crippen LogP contribution in [0.4, 0.5) is 11.4 Å². The second-order valence-corrected chi connectivity index (χ2v) is 8.43. The number of hydrogen-bond donors (Lipinski definition) is 0. The van der Waals surface area contributed by atoms with Gasteiger partial charge in [-0.05, 0) is 68.9 Å². The van der Waals surface area contributed by atoms with E-state index in [-0.39, 0.29) is 5.91 Å². The molecular formula is C22H23N3O2S2. The van der Waals surface area contributed by atoms with Gasteiger partial charge in [0.15, 0.2) is 5.17 Å². The van der Waals surface area contributed by atoms with Crippen molar-refractivity contribution in [3.8, 4) is 5.75 Å². The number of carbonyl (C=O) groups excluding carboxylic acids is 1. The van der Waals surface area contributed by atoms with Gasteiger partial charge in [-0.2, -0.15) is 0 Å². The lowest BCUT2D eigenvalue weighted by molar-refractivity contribution is -0.122. The van der Waals surface area contributed by atoms with Crippen LogP contribution in [-0.4, -0.2) is 35.7 Å². The molecule has 0 N–H and O–H groups in total. The Kier molecular flexibility index (Phi) is 5.87. The van der Waals surface area contributed by atoms with Crippen LogP contribution >= 0.6 is 23.5 Å². The molecule has 0 bridgehead atoms. The number of fused-ring (bicyclic) bond motifs is 1. The third-order valence-corrected chi connectivity index (χ3v) is 7.05. The molecule has 0 atom stereocenters. The van der Waals surface area contributed by atoms with Crippen molar-refractivity contribution in [1.29, 1.82) is 0 Å². The zero-order valence-electron chi connectivity index (χ0n) is 16.7. The van der Waals surface area contributed by atoms with Crippen LogP contribution in [0.25, 0.3) is 0 Å². The average Bonchev–Trinajstić information content (AvgIpc) is 3.26. The van der Waals surface area contributed by atoms with E-state index in [1.807, 2.05) is 50.2 Å². The fraction of sp³-hybridized carbons (Fsp3) is 0.273. The minimum Gasteiger partial charge on any atom is -0.494 e. The summed E-state index contributed by atoms with van der Waals surface area (Å²) in [6.45, 7) is 8.08. The molecule has 0 unspecified atom stereocenters. The van der Waals surface area contributed by atoms with Gasteiger partial charge in [-0.25, -0.2) is 4.99 Å². The molecule has 0 saturated carbocycles. The normalized spacial score (nSPS) is 20.0. The molecule has 1 fully saturated rings. The van der Waals surface area contributed by atoms with Crippen LogP contribution in [0.5, 0.6) is 5.75 Å². The highest BCUT2D eigenvalue weighted by Gasteiger charge is 2.38. The van der Waals surface area contributed by atoms with Crippen LogP contribution < -0.4 is 9.64 Å². The molecule has 2 aromatic carbocycles. The molecule has 1 saturated heterocycles. The van der Waals surface area contributed by atoms with E-state index < -0.39 is 0 Å². The number of thioether (sulfide) groups is 2. The van der Waals surface area contributed by atoms with Gasteiger partial charge < -0.3 is 9.64 Å². The van der Waals surface area contributed by atoms with Crippen molar-refractivity contribution in [2.24, 2.45) is 4.99 Å². The van der Waals surface area contributed by atoms with Gasteiger partial charge in [0.25, 0.3) is 5.91 Å². The molecule has 2 heterocycles. The Balaban J connectivity index is 1.68. The van der Waals surface area contributed by atoms with Gasteiger partial charge in [-0.3, -0.25) is 9.69 Å². The minimum atomic E-state index is 0.0240. The number of benzene rings is 2. The van der Waals surface area contributed by atoms with E-state index in [4.69, 9.17) is 9.73 Å². The lowest BCUT2D eigenvalue weighted by atomic mass is 10.3. The lowest BCUT2D eigenvalue weighted by Crippen LogP contribution is -2.29. The maximum atomic E-state index is 13.2. The third kappa shape index (κ3) is 3.76. The summed E-state index contributed by atoms with van der Waals surface area (Å²) in [4.78, 5) is 23.8. The zero-order valence-corrected chi connectivity index (χ0v) is 18.3. The molecule has 2 aromatic rings. The van der Waals surface area contributed by atoms with E-state index in [2.05, 4.69) is 24.0 Å². The van der Waals surface area contributed by atoms with E-state index in [9.17, 15) is 4.79 Å². The molecular weight excluding hydrogens is 402 g/mol. The molecule has 150 valence electrons. The van der Waals surface area contributed by atoms with Crippen molar-refractivity contribution in [2.75, 3.05) is 24.6 Å². The Labute approximate surface area is 179 Å². The molecule has 5 nitrogen and oxygen atoms in total. The quantitative estimate of drug-likeness (QED) is 0.595. The predicted octanol–water partition coefficient (Wildman–Crippen LogP) is 5.47. The number of aliphatic imine (C=N–C) groups is 1. The lowest BCUT2D eigenvalue weighted by Gasteiger charge is -2.19. The first-order chi connectivity index (χ1) is 14.2. The first-order valence-corrected chi connectivity index (χ1v) is 11.4. The fourth-order valence-corrected chi connectivity index (χ4v) is 5.76. The standard InChI is InChI=1S/C22H23N3O2S2/c1-4-24-17-9-7-8-10-18(17)28-21(24)19-20(26)25(5-2)22(29-19)23-15-11-13-16(14-12-15)27-6-3/h7-14H,4-6H2,1-3H3. The van der Waals surface area contributed by atoms with Crippen molar-refractivity contribution in [2.45, 2.75) is 25.7 Å². The van der Waals surface area contributed by atoms with Gasteiger partial charge in [0, 0.05) is 18.0 Å². The number of rotatable bonds is 5. The Hall–Kier alpha value is -2.38. The van der Waals surface area contributed by atoms with Crippen molar-refractivity contribution in [1.82, 2.24) is 4.90 Å². The molecule has 4 rings (SSSR count). The van der Waals surface area contributed by atoms with Gasteiger partial charge in [-0.1, -0.05) is 23.9 Å². The number of amidine groups is 1. The molecule has 2 aliphatic rings. The molecule has 2 aliphatic heterocycles. The Bertz CT molecular complexity index is 986. The van der Waals surface area contributed by atoms with Crippen molar-refractivity contribution in [3.05, 3.63) is 58.5 Å². The molecule has 0 aliphatic carbocycles. The van der Waals surface area contributed by atoms with Crippen LogP contribution in [0, 0.1) is 0 Å². The van der Waals surface area contributed by atoms with E-state index in [1.165, 1.54) is 16.7 Å². The van der Waals surface area contributed by atoms with Crippen LogP contribution in [0.2, 0.25) is 0 Å². The van der Waals surface area contributed by atoms with Crippen LogP contribution in [0.3, 0.4) is 0 Å². The molecule has 0 aromatic heterocycles. The SMILES string of the molecule is CCOc1ccc(N=C2SC(=C3Sc4ccccc4N3CC)C(=O)N2CC)cc1. The van der Waals surface area contributed by atoms with E-state index >= 15 is 0 Å². The highest BCUT2D eigenvalue weighted by molar-refractivity contribution is 8.19. The summed E-state index contributed by atoms with van der Waals surface area (Å²) in [5.41, 5.74) is 1.97. The topological polar surface area (TPSA) is 45.1 Å². The summed E-state index contributed by atoms with van der Waals surface area (Å²) in [6, 6.07) is 15.9. The first-order valence-electron chi connectivity index (χ1n) is 9.76. The first kappa shape index (κ1) is 19.9. The number of hydrogen-bond acceptors (Lipinski definition) is 6. The summed E-state index contributed by atoms with van der Waals surface area (Å²) in [5.74, 6) is 0.844. The Morgan fingerprint density at radius 1 is 0.931 bits per heavy atom. The average molecular weight is 426 g/mol. The van der Waals surface area contributed by atoms with Gasteiger partial charge in [0.05, 0.1) is 18.0 Å². The van der Waals surface area contributed by atoms with Crippen molar-refractivity contribution >= 4 is 46.0 Å². The maximum Gasteiger partial charge on any atom is 0.269 e. The summed E-state index contributed by atoms with van der Waals surface area (Å²) in [6.07, 6.45) is 0. The van der Waals surface area contributed by atoms with Crippen molar-refractivity contribution < 1.29 is 9.53 Å². The number of ether oxygens (including phenoxy) is 1. The van der Waals surface area contributed by atoms with Gasteiger partial charge in [0.2, 0.25) is 0 Å². The van der Waals surface area contributed by atoms with E-state index in [0.717, 1.165) is 38.8 Å². The third-order valence-electron chi connectivity index (χ3n) is 4.67.